The van der Waals surface area contributed by atoms with E-state index in [1.807, 2.05) is 0 Å². The molecule has 0 aromatic heterocycles. The molecule has 0 heterocycles. The molecule has 0 saturated heterocycles. The van der Waals surface area contributed by atoms with E-state index in [1.54, 1.807) is 36.4 Å². The summed E-state index contributed by atoms with van der Waals surface area (Å²) in [7, 11) is 0. The van der Waals surface area contributed by atoms with Gasteiger partial charge < -0.3 is 10.5 Å². The minimum Gasteiger partial charge on any atom is -0.457 e. The van der Waals surface area contributed by atoms with Crippen LogP contribution in [0, 0.1) is 0 Å². The number of carbonyl (C=O) groups is 1. The predicted octanol–water partition coefficient (Wildman–Crippen LogP) is 4.70. The van der Waals surface area contributed by atoms with Crippen LogP contribution in [-0.4, -0.2) is 5.97 Å². The zero-order valence-electron chi connectivity index (χ0n) is 10.2. The van der Waals surface area contributed by atoms with E-state index in [9.17, 15) is 4.79 Å². The fourth-order valence-electron chi connectivity index (χ4n) is 1.54. The van der Waals surface area contributed by atoms with Gasteiger partial charge in [0.15, 0.2) is 0 Å². The third-order valence-electron chi connectivity index (χ3n) is 2.61. The molecule has 104 valence electrons. The minimum atomic E-state index is -0.463. The Labute approximate surface area is 134 Å². The summed E-state index contributed by atoms with van der Waals surface area (Å²) in [5.74, 6) is -0.463. The number of ether oxygens (including phenoxy) is 1. The number of carbonyl (C=O) groups excluding carboxylic acids is 1. The van der Waals surface area contributed by atoms with Crippen LogP contribution in [0.5, 0.6) is 0 Å². The molecule has 0 fully saturated rings. The Bertz CT molecular complexity index is 662. The summed E-state index contributed by atoms with van der Waals surface area (Å²) in [5, 5.41) is 0.992. The predicted molar refractivity (Wildman–Crippen MR) is 84.1 cm³/mol. The first-order valence-corrected chi connectivity index (χ1v) is 7.18. The average molecular weight is 375 g/mol. The topological polar surface area (TPSA) is 52.3 Å². The van der Waals surface area contributed by atoms with Crippen molar-refractivity contribution in [3.8, 4) is 0 Å². The van der Waals surface area contributed by atoms with E-state index >= 15 is 0 Å². The van der Waals surface area contributed by atoms with Gasteiger partial charge in [-0.05, 0) is 46.3 Å². The number of rotatable bonds is 3. The van der Waals surface area contributed by atoms with Crippen LogP contribution in [0.25, 0.3) is 0 Å². The van der Waals surface area contributed by atoms with Gasteiger partial charge in [0, 0.05) is 25.8 Å². The molecule has 0 aliphatic heterocycles. The van der Waals surface area contributed by atoms with Gasteiger partial charge in [-0.15, -0.1) is 0 Å². The van der Waals surface area contributed by atoms with Crippen LogP contribution in [0.2, 0.25) is 10.0 Å². The van der Waals surface area contributed by atoms with E-state index in [0.717, 1.165) is 4.47 Å². The minimum absolute atomic E-state index is 0.0742. The summed E-state index contributed by atoms with van der Waals surface area (Å²) in [5.41, 5.74) is 7.27. The number of benzene rings is 2. The second-order valence-corrected chi connectivity index (χ2v) is 5.75. The highest BCUT2D eigenvalue weighted by atomic mass is 79.9. The van der Waals surface area contributed by atoms with Crippen molar-refractivity contribution in [1.82, 2.24) is 0 Å². The van der Waals surface area contributed by atoms with E-state index < -0.39 is 5.97 Å². The fraction of sp³-hybridized carbons (Fsp3) is 0.0714. The molecule has 0 saturated carbocycles. The molecule has 0 aliphatic rings. The van der Waals surface area contributed by atoms with Crippen LogP contribution in [0.4, 0.5) is 5.69 Å². The van der Waals surface area contributed by atoms with Crippen molar-refractivity contribution in [3.63, 3.8) is 0 Å². The van der Waals surface area contributed by atoms with Gasteiger partial charge in [-0.25, -0.2) is 4.79 Å². The number of hydrogen-bond acceptors (Lipinski definition) is 3. The van der Waals surface area contributed by atoms with Crippen molar-refractivity contribution in [2.75, 3.05) is 5.73 Å². The molecule has 0 aliphatic carbocycles. The normalized spacial score (nSPS) is 10.3. The number of nitrogens with two attached hydrogens (primary N) is 1. The lowest BCUT2D eigenvalue weighted by Crippen LogP contribution is -2.06. The van der Waals surface area contributed by atoms with Gasteiger partial charge >= 0.3 is 5.97 Å². The number of nitrogen functional groups attached to an aromatic ring is 1. The second kappa shape index (κ2) is 6.48. The summed E-state index contributed by atoms with van der Waals surface area (Å²) >= 11 is 15.1. The largest absolute Gasteiger partial charge is 0.457 e. The number of hydrogen-bond donors (Lipinski definition) is 1. The second-order valence-electron chi connectivity index (χ2n) is 4.05. The maximum absolute atomic E-state index is 11.9. The maximum atomic E-state index is 11.9. The van der Waals surface area contributed by atoms with Crippen molar-refractivity contribution in [2.24, 2.45) is 0 Å². The highest BCUT2D eigenvalue weighted by Crippen LogP contribution is 2.23. The van der Waals surface area contributed by atoms with Crippen molar-refractivity contribution in [3.05, 3.63) is 62.0 Å². The molecule has 3 nitrogen and oxygen atoms in total. The Kier molecular flexibility index (Phi) is 4.91. The lowest BCUT2D eigenvalue weighted by molar-refractivity contribution is 0.0473. The lowest BCUT2D eigenvalue weighted by atomic mass is 10.2. The first-order chi connectivity index (χ1) is 9.47. The molecule has 2 N–H and O–H groups in total. The molecule has 2 aromatic carbocycles. The van der Waals surface area contributed by atoms with E-state index in [-0.39, 0.29) is 6.61 Å². The maximum Gasteiger partial charge on any atom is 0.338 e. The molecular weight excluding hydrogens is 365 g/mol. The fourth-order valence-corrected chi connectivity index (χ4v) is 2.25. The van der Waals surface area contributed by atoms with Gasteiger partial charge in [0.25, 0.3) is 0 Å². The molecule has 0 unspecified atom stereocenters. The quantitative estimate of drug-likeness (QED) is 0.626. The summed E-state index contributed by atoms with van der Waals surface area (Å²) in [6.07, 6.45) is 0. The molecule has 0 atom stereocenters. The van der Waals surface area contributed by atoms with Gasteiger partial charge in [0.2, 0.25) is 0 Å². The molecule has 6 heteroatoms. The van der Waals surface area contributed by atoms with Crippen LogP contribution in [0.3, 0.4) is 0 Å². The van der Waals surface area contributed by atoms with Gasteiger partial charge in [0.1, 0.15) is 6.61 Å². The lowest BCUT2D eigenvalue weighted by Gasteiger charge is -2.08. The van der Waals surface area contributed by atoms with E-state index in [4.69, 9.17) is 33.7 Å². The van der Waals surface area contributed by atoms with Gasteiger partial charge in [-0.1, -0.05) is 29.3 Å². The van der Waals surface area contributed by atoms with Gasteiger partial charge in [0.05, 0.1) is 5.56 Å². The van der Waals surface area contributed by atoms with Crippen LogP contribution in [-0.2, 0) is 11.3 Å². The average Bonchev–Trinajstić information content (AvgIpc) is 2.40. The number of halogens is 3. The Morgan fingerprint density at radius 2 is 1.95 bits per heavy atom. The Morgan fingerprint density at radius 3 is 2.60 bits per heavy atom. The molecule has 2 rings (SSSR count). The third kappa shape index (κ3) is 3.66. The summed E-state index contributed by atoms with van der Waals surface area (Å²) in [6.45, 7) is 0.0742. The number of esters is 1. The van der Waals surface area contributed by atoms with Crippen LogP contribution >= 0.6 is 39.1 Å². The first kappa shape index (κ1) is 15.2. The van der Waals surface area contributed by atoms with E-state index in [0.29, 0.717) is 26.9 Å². The SMILES string of the molecule is Nc1cc(C(=O)OCc2ccc(Cl)cc2Cl)ccc1Br. The smallest absolute Gasteiger partial charge is 0.338 e. The first-order valence-electron chi connectivity index (χ1n) is 5.63. The summed E-state index contributed by atoms with van der Waals surface area (Å²) in [4.78, 5) is 11.9. The van der Waals surface area contributed by atoms with Crippen molar-refractivity contribution in [1.29, 1.82) is 0 Å². The van der Waals surface area contributed by atoms with E-state index in [2.05, 4.69) is 15.9 Å². The molecular formula is C14H10BrCl2NO2. The van der Waals surface area contributed by atoms with Crippen LogP contribution in [0.1, 0.15) is 15.9 Å². The van der Waals surface area contributed by atoms with E-state index in [1.165, 1.54) is 0 Å². The van der Waals surface area contributed by atoms with Gasteiger partial charge in [-0.2, -0.15) is 0 Å². The monoisotopic (exact) mass is 373 g/mol. The Morgan fingerprint density at radius 1 is 1.20 bits per heavy atom. The molecule has 2 aromatic rings. The third-order valence-corrected chi connectivity index (χ3v) is 3.91. The van der Waals surface area contributed by atoms with Crippen molar-refractivity contribution >= 4 is 50.8 Å². The highest BCUT2D eigenvalue weighted by molar-refractivity contribution is 9.10. The Hall–Kier alpha value is -1.23. The van der Waals surface area contributed by atoms with Gasteiger partial charge in [-0.3, -0.25) is 0 Å². The number of anilines is 1. The molecule has 0 bridgehead atoms. The molecule has 0 spiro atoms. The van der Waals surface area contributed by atoms with Crippen molar-refractivity contribution < 1.29 is 9.53 Å². The van der Waals surface area contributed by atoms with Crippen LogP contribution in [0.15, 0.2) is 40.9 Å². The summed E-state index contributed by atoms with van der Waals surface area (Å²) in [6, 6.07) is 9.88. The highest BCUT2D eigenvalue weighted by Gasteiger charge is 2.10. The van der Waals surface area contributed by atoms with Crippen molar-refractivity contribution in [2.45, 2.75) is 6.61 Å². The van der Waals surface area contributed by atoms with Crippen LogP contribution < -0.4 is 5.73 Å². The standard InChI is InChI=1S/C14H10BrCl2NO2/c15-11-4-2-8(5-13(11)18)14(19)20-7-9-1-3-10(16)6-12(9)17/h1-6H,7,18H2. The Balaban J connectivity index is 2.06. The zero-order valence-corrected chi connectivity index (χ0v) is 13.3. The molecule has 0 radical (unpaired) electrons. The molecule has 20 heavy (non-hydrogen) atoms. The summed E-state index contributed by atoms with van der Waals surface area (Å²) < 4.78 is 5.92. The zero-order chi connectivity index (χ0) is 14.7. The molecule has 0 amide bonds.